The van der Waals surface area contributed by atoms with Crippen LogP contribution in [0.1, 0.15) is 98.7 Å². The fraction of sp³-hybridized carbons (Fsp3) is 0.657. The van der Waals surface area contributed by atoms with Crippen LogP contribution in [0.25, 0.3) is 0 Å². The Balaban J connectivity index is 1.39. The summed E-state index contributed by atoms with van der Waals surface area (Å²) in [7, 11) is 0. The van der Waals surface area contributed by atoms with E-state index in [0.29, 0.717) is 18.8 Å². The Hall–Kier alpha value is -2.08. The predicted octanol–water partition coefficient (Wildman–Crippen LogP) is 7.55. The van der Waals surface area contributed by atoms with Gasteiger partial charge in [-0.1, -0.05) is 45.0 Å². The Kier molecular flexibility index (Phi) is 11.5. The number of nitrogens with zero attached hydrogens (tertiary/aromatic N) is 1. The van der Waals surface area contributed by atoms with Crippen molar-refractivity contribution in [3.05, 3.63) is 59.7 Å². The summed E-state index contributed by atoms with van der Waals surface area (Å²) < 4.78 is 12.1. The minimum absolute atomic E-state index is 0.0633. The van der Waals surface area contributed by atoms with E-state index in [0.717, 1.165) is 57.7 Å². The summed E-state index contributed by atoms with van der Waals surface area (Å²) >= 11 is 0. The molecule has 1 heterocycles. The number of nitrogens with one attached hydrogen (secondary N) is 2. The fourth-order valence-electron chi connectivity index (χ4n) is 5.26. The number of anilines is 1. The second kappa shape index (κ2) is 14.2. The highest BCUT2D eigenvalue weighted by molar-refractivity contribution is 5.49. The third kappa shape index (κ3) is 11.8. The first-order valence-corrected chi connectivity index (χ1v) is 15.4. The maximum atomic E-state index is 6.17. The normalized spacial score (nSPS) is 17.3. The van der Waals surface area contributed by atoms with E-state index in [1.54, 1.807) is 0 Å². The standard InChI is InChI=1S/C35H57N3O2/c1-27(29-14-16-30(17-15-29)38-23-20-32(25-38)40-26-33(2,3)4)37-35(8,9)21-10-11-28-12-18-31(19-13-28)39-24-22-36-34(5,6)7/h12-19,27,32,36-37H,10-11,20-26H2,1-9H3/t27?,32-/m0/s1. The second-order valence-corrected chi connectivity index (χ2v) is 14.6. The largest absolute Gasteiger partial charge is 0.492 e. The first-order chi connectivity index (χ1) is 18.7. The summed E-state index contributed by atoms with van der Waals surface area (Å²) in [6.45, 7) is 24.5. The van der Waals surface area contributed by atoms with Crippen LogP contribution in [-0.4, -0.2) is 50.0 Å². The summed E-state index contributed by atoms with van der Waals surface area (Å²) in [5.41, 5.74) is 4.41. The van der Waals surface area contributed by atoms with Gasteiger partial charge in [0, 0.05) is 42.4 Å². The summed E-state index contributed by atoms with van der Waals surface area (Å²) in [6.07, 6.45) is 4.80. The number of ether oxygens (including phenoxy) is 2. The Morgan fingerprint density at radius 1 is 0.925 bits per heavy atom. The van der Waals surface area contributed by atoms with Gasteiger partial charge >= 0.3 is 0 Å². The van der Waals surface area contributed by atoms with Crippen molar-refractivity contribution in [3.63, 3.8) is 0 Å². The number of hydrogen-bond donors (Lipinski definition) is 2. The van der Waals surface area contributed by atoms with Crippen molar-refractivity contribution in [1.29, 1.82) is 0 Å². The topological polar surface area (TPSA) is 45.8 Å². The molecule has 1 aliphatic rings. The molecule has 40 heavy (non-hydrogen) atoms. The number of rotatable bonds is 14. The minimum Gasteiger partial charge on any atom is -0.492 e. The van der Waals surface area contributed by atoms with Crippen molar-refractivity contribution in [1.82, 2.24) is 10.6 Å². The highest BCUT2D eigenvalue weighted by Gasteiger charge is 2.25. The lowest BCUT2D eigenvalue weighted by Gasteiger charge is -2.31. The molecule has 2 aromatic rings. The zero-order valence-electron chi connectivity index (χ0n) is 26.9. The van der Waals surface area contributed by atoms with Crippen molar-refractivity contribution >= 4 is 5.69 Å². The molecule has 0 bridgehead atoms. The molecule has 2 N–H and O–H groups in total. The highest BCUT2D eigenvalue weighted by atomic mass is 16.5. The Labute approximate surface area is 245 Å². The third-order valence-electron chi connectivity index (χ3n) is 7.48. The van der Waals surface area contributed by atoms with Gasteiger partial charge in [0.15, 0.2) is 0 Å². The molecular weight excluding hydrogens is 494 g/mol. The van der Waals surface area contributed by atoms with Crippen LogP contribution in [0.2, 0.25) is 0 Å². The summed E-state index contributed by atoms with van der Waals surface area (Å²) in [6, 6.07) is 18.0. The van der Waals surface area contributed by atoms with Crippen LogP contribution in [0, 0.1) is 5.41 Å². The van der Waals surface area contributed by atoms with Crippen molar-refractivity contribution in [2.75, 3.05) is 37.7 Å². The van der Waals surface area contributed by atoms with Gasteiger partial charge in [0.1, 0.15) is 12.4 Å². The first-order valence-electron chi connectivity index (χ1n) is 15.4. The van der Waals surface area contributed by atoms with Gasteiger partial charge in [0.05, 0.1) is 12.7 Å². The molecule has 1 fully saturated rings. The summed E-state index contributed by atoms with van der Waals surface area (Å²) in [5, 5.41) is 7.33. The molecular formula is C35H57N3O2. The van der Waals surface area contributed by atoms with Crippen molar-refractivity contribution < 1.29 is 9.47 Å². The molecule has 3 rings (SSSR count). The van der Waals surface area contributed by atoms with Crippen LogP contribution >= 0.6 is 0 Å². The van der Waals surface area contributed by atoms with E-state index in [4.69, 9.17) is 9.47 Å². The van der Waals surface area contributed by atoms with Gasteiger partial charge in [0.25, 0.3) is 0 Å². The zero-order valence-corrected chi connectivity index (χ0v) is 26.9. The van der Waals surface area contributed by atoms with Gasteiger partial charge in [-0.25, -0.2) is 0 Å². The molecule has 1 unspecified atom stereocenters. The van der Waals surface area contributed by atoms with E-state index in [9.17, 15) is 0 Å². The third-order valence-corrected chi connectivity index (χ3v) is 7.48. The quantitative estimate of drug-likeness (QED) is 0.237. The molecule has 2 aromatic carbocycles. The van der Waals surface area contributed by atoms with Crippen LogP contribution < -0.4 is 20.3 Å². The molecule has 0 spiro atoms. The molecule has 2 atom stereocenters. The van der Waals surface area contributed by atoms with Gasteiger partial charge in [-0.15, -0.1) is 0 Å². The van der Waals surface area contributed by atoms with Crippen LogP contribution in [0.4, 0.5) is 5.69 Å². The van der Waals surface area contributed by atoms with Crippen LogP contribution in [0.3, 0.4) is 0 Å². The maximum absolute atomic E-state index is 6.17. The van der Waals surface area contributed by atoms with Gasteiger partial charge < -0.3 is 25.0 Å². The van der Waals surface area contributed by atoms with E-state index in [2.05, 4.69) is 126 Å². The lowest BCUT2D eigenvalue weighted by atomic mass is 9.93. The smallest absolute Gasteiger partial charge is 0.119 e. The lowest BCUT2D eigenvalue weighted by molar-refractivity contribution is 0.0205. The van der Waals surface area contributed by atoms with E-state index in [1.807, 2.05) is 0 Å². The monoisotopic (exact) mass is 551 g/mol. The molecule has 0 radical (unpaired) electrons. The molecule has 224 valence electrons. The minimum atomic E-state index is 0.0633. The maximum Gasteiger partial charge on any atom is 0.119 e. The number of aryl methyl sites for hydroxylation is 1. The van der Waals surface area contributed by atoms with Crippen LogP contribution in [0.15, 0.2) is 48.5 Å². The van der Waals surface area contributed by atoms with Crippen molar-refractivity contribution in [2.24, 2.45) is 5.41 Å². The van der Waals surface area contributed by atoms with Gasteiger partial charge in [-0.05, 0) is 108 Å². The molecule has 0 amide bonds. The van der Waals surface area contributed by atoms with E-state index in [-0.39, 0.29) is 16.5 Å². The first kappa shape index (κ1) is 32.4. The number of benzene rings is 2. The van der Waals surface area contributed by atoms with Crippen LogP contribution in [0.5, 0.6) is 5.75 Å². The molecule has 0 aliphatic carbocycles. The van der Waals surface area contributed by atoms with E-state index in [1.165, 1.54) is 16.8 Å². The van der Waals surface area contributed by atoms with Gasteiger partial charge in [0.2, 0.25) is 0 Å². The van der Waals surface area contributed by atoms with Gasteiger partial charge in [-0.3, -0.25) is 0 Å². The van der Waals surface area contributed by atoms with Crippen molar-refractivity contribution in [2.45, 2.75) is 111 Å². The Morgan fingerprint density at radius 2 is 1.60 bits per heavy atom. The second-order valence-electron chi connectivity index (χ2n) is 14.6. The summed E-state index contributed by atoms with van der Waals surface area (Å²) in [5.74, 6) is 0.944. The average Bonchev–Trinajstić information content (AvgIpc) is 3.34. The van der Waals surface area contributed by atoms with Crippen molar-refractivity contribution in [3.8, 4) is 5.75 Å². The molecule has 1 aliphatic heterocycles. The van der Waals surface area contributed by atoms with E-state index >= 15 is 0 Å². The Bertz CT molecular complexity index is 1000. The van der Waals surface area contributed by atoms with Crippen LogP contribution in [-0.2, 0) is 11.2 Å². The lowest BCUT2D eigenvalue weighted by Crippen LogP contribution is -2.40. The van der Waals surface area contributed by atoms with E-state index < -0.39 is 0 Å². The molecule has 0 saturated carbocycles. The van der Waals surface area contributed by atoms with Gasteiger partial charge in [-0.2, -0.15) is 0 Å². The Morgan fingerprint density at radius 3 is 2.23 bits per heavy atom. The molecule has 1 saturated heterocycles. The number of hydrogen-bond acceptors (Lipinski definition) is 5. The molecule has 5 heteroatoms. The average molecular weight is 552 g/mol. The highest BCUT2D eigenvalue weighted by Crippen LogP contribution is 2.27. The summed E-state index contributed by atoms with van der Waals surface area (Å²) in [4.78, 5) is 2.46. The molecule has 5 nitrogen and oxygen atoms in total. The fourth-order valence-corrected chi connectivity index (χ4v) is 5.26. The zero-order chi connectivity index (χ0) is 29.4. The SMILES string of the molecule is CC(NC(C)(C)CCCc1ccc(OCCNC(C)(C)C)cc1)c1ccc(N2CC[C@H](OCC(C)(C)C)C2)cc1. The molecule has 0 aromatic heterocycles. The predicted molar refractivity (Wildman–Crippen MR) is 171 cm³/mol.